The fourth-order valence-corrected chi connectivity index (χ4v) is 5.42. The van der Waals surface area contributed by atoms with Gasteiger partial charge in [0.25, 0.3) is 5.56 Å². The minimum Gasteiger partial charge on any atom is -0.355 e. The van der Waals surface area contributed by atoms with Crippen LogP contribution in [0.1, 0.15) is 28.2 Å². The van der Waals surface area contributed by atoms with Crippen LogP contribution in [0.4, 0.5) is 24.5 Å². The number of nitrogens with one attached hydrogen (secondary N) is 2. The van der Waals surface area contributed by atoms with Crippen LogP contribution in [0.15, 0.2) is 100 Å². The predicted molar refractivity (Wildman–Crippen MR) is 156 cm³/mol. The second kappa shape index (κ2) is 11.1. The molecular weight excluding hydrogens is 612 g/mol. The maximum absolute atomic E-state index is 12.8. The summed E-state index contributed by atoms with van der Waals surface area (Å²) >= 11 is 16.0. The number of H-pyrrole nitrogens is 1. The van der Waals surface area contributed by atoms with Gasteiger partial charge in [0.1, 0.15) is 0 Å². The molecule has 39 heavy (non-hydrogen) atoms. The number of hydrogen-bond donors (Lipinski definition) is 2. The van der Waals surface area contributed by atoms with Crippen LogP contribution in [0.2, 0.25) is 10.0 Å². The van der Waals surface area contributed by atoms with Crippen molar-refractivity contribution in [3.63, 3.8) is 0 Å². The number of alkyl halides is 3. The molecule has 0 aliphatic carbocycles. The molecule has 9 heteroatoms. The van der Waals surface area contributed by atoms with Crippen molar-refractivity contribution in [2.24, 2.45) is 0 Å². The summed E-state index contributed by atoms with van der Waals surface area (Å²) in [6, 6.07) is 26.6. The Kier molecular flexibility index (Phi) is 7.76. The van der Waals surface area contributed by atoms with Crippen LogP contribution in [-0.4, -0.2) is 11.2 Å². The number of anilines is 2. The first-order valence-corrected chi connectivity index (χ1v) is 13.4. The van der Waals surface area contributed by atoms with Gasteiger partial charge in [-0.3, -0.25) is 4.79 Å². The van der Waals surface area contributed by atoms with Crippen molar-refractivity contribution in [1.82, 2.24) is 4.98 Å². The number of hydrogen-bond acceptors (Lipinski definition) is 2. The van der Waals surface area contributed by atoms with E-state index in [1.807, 2.05) is 60.7 Å². The first-order valence-electron chi connectivity index (χ1n) is 11.9. The molecule has 5 rings (SSSR count). The molecule has 0 radical (unpaired) electrons. The highest BCUT2D eigenvalue weighted by molar-refractivity contribution is 9.10. The summed E-state index contributed by atoms with van der Waals surface area (Å²) in [7, 11) is 0. The molecule has 0 fully saturated rings. The molecule has 0 atom stereocenters. The zero-order valence-corrected chi connectivity index (χ0v) is 23.2. The molecule has 0 saturated carbocycles. The van der Waals surface area contributed by atoms with E-state index in [1.54, 1.807) is 12.1 Å². The van der Waals surface area contributed by atoms with E-state index in [2.05, 4.69) is 26.2 Å². The molecule has 1 aromatic heterocycles. The van der Waals surface area contributed by atoms with E-state index in [9.17, 15) is 18.0 Å². The summed E-state index contributed by atoms with van der Waals surface area (Å²) in [6.45, 7) is 0. The third-order valence-electron chi connectivity index (χ3n) is 6.30. The molecule has 0 spiro atoms. The molecule has 0 bridgehead atoms. The van der Waals surface area contributed by atoms with Gasteiger partial charge < -0.3 is 10.3 Å². The fraction of sp³-hybridized carbons (Fsp3) is 0.100. The molecule has 0 saturated heterocycles. The predicted octanol–water partition coefficient (Wildman–Crippen LogP) is 9.63. The maximum atomic E-state index is 12.8. The van der Waals surface area contributed by atoms with E-state index >= 15 is 0 Å². The van der Waals surface area contributed by atoms with Gasteiger partial charge in [0.2, 0.25) is 0 Å². The van der Waals surface area contributed by atoms with Crippen molar-refractivity contribution in [1.29, 1.82) is 0 Å². The van der Waals surface area contributed by atoms with E-state index in [1.165, 1.54) is 18.2 Å². The van der Waals surface area contributed by atoms with Gasteiger partial charge >= 0.3 is 6.18 Å². The molecule has 4 aromatic carbocycles. The number of aromatic nitrogens is 1. The van der Waals surface area contributed by atoms with Crippen LogP contribution in [0.3, 0.4) is 0 Å². The van der Waals surface area contributed by atoms with Crippen LogP contribution >= 0.6 is 39.1 Å². The topological polar surface area (TPSA) is 44.9 Å². The number of pyridine rings is 1. The Bertz CT molecular complexity index is 1640. The lowest BCUT2D eigenvalue weighted by atomic mass is 9.84. The van der Waals surface area contributed by atoms with Crippen LogP contribution in [0, 0.1) is 0 Å². The Balaban J connectivity index is 1.61. The number of aromatic amines is 1. The van der Waals surface area contributed by atoms with Gasteiger partial charge in [-0.2, -0.15) is 13.2 Å². The third-order valence-corrected chi connectivity index (χ3v) is 7.43. The highest BCUT2D eigenvalue weighted by Crippen LogP contribution is 2.38. The van der Waals surface area contributed by atoms with Gasteiger partial charge in [0.15, 0.2) is 0 Å². The Morgan fingerprint density at radius 1 is 0.795 bits per heavy atom. The highest BCUT2D eigenvalue weighted by atomic mass is 79.9. The zero-order valence-electron chi connectivity index (χ0n) is 20.1. The van der Waals surface area contributed by atoms with E-state index in [-0.39, 0.29) is 17.0 Å². The second-order valence-electron chi connectivity index (χ2n) is 9.12. The van der Waals surface area contributed by atoms with E-state index in [0.29, 0.717) is 31.4 Å². The minimum absolute atomic E-state index is 0.155. The summed E-state index contributed by atoms with van der Waals surface area (Å²) < 4.78 is 39.0. The summed E-state index contributed by atoms with van der Waals surface area (Å²) in [4.78, 5) is 15.4. The Labute approximate surface area is 240 Å². The van der Waals surface area contributed by atoms with Gasteiger partial charge in [-0.05, 0) is 86.7 Å². The standard InChI is InChI=1S/C30H20BrCl2F3N2O/c31-25-14-20(28(18-3-7-21(32)8-4-18)19-5-9-22(33)10-6-19)13-24-26(15-27(39)38-29(24)25)37-23-11-1-17(2-12-23)16-30(34,35)36/h1-15,28H,16H2,(H2,37,38,39). The van der Waals surface area contributed by atoms with Crippen molar-refractivity contribution in [2.75, 3.05) is 5.32 Å². The molecule has 0 aliphatic rings. The number of rotatable bonds is 6. The van der Waals surface area contributed by atoms with E-state index in [0.717, 1.165) is 22.1 Å². The van der Waals surface area contributed by atoms with Gasteiger partial charge in [0, 0.05) is 37.6 Å². The van der Waals surface area contributed by atoms with Crippen LogP contribution in [0.5, 0.6) is 0 Å². The average molecular weight is 632 g/mol. The smallest absolute Gasteiger partial charge is 0.355 e. The fourth-order valence-electron chi connectivity index (χ4n) is 4.59. The normalized spacial score (nSPS) is 11.8. The first-order chi connectivity index (χ1) is 18.6. The minimum atomic E-state index is -4.29. The molecule has 1 heterocycles. The van der Waals surface area contributed by atoms with Gasteiger partial charge in [-0.25, -0.2) is 0 Å². The largest absolute Gasteiger partial charge is 0.393 e. The molecular formula is C30H20BrCl2F3N2O. The molecule has 0 amide bonds. The van der Waals surface area contributed by atoms with Crippen molar-refractivity contribution in [2.45, 2.75) is 18.5 Å². The quantitative estimate of drug-likeness (QED) is 0.183. The van der Waals surface area contributed by atoms with Crippen LogP contribution in [-0.2, 0) is 6.42 Å². The van der Waals surface area contributed by atoms with Crippen molar-refractivity contribution in [3.8, 4) is 0 Å². The summed E-state index contributed by atoms with van der Waals surface area (Å²) in [5.41, 5.74) is 4.45. The van der Waals surface area contributed by atoms with Crippen LogP contribution in [0.25, 0.3) is 10.9 Å². The summed E-state index contributed by atoms with van der Waals surface area (Å²) in [5, 5.41) is 5.18. The highest BCUT2D eigenvalue weighted by Gasteiger charge is 2.27. The lowest BCUT2D eigenvalue weighted by Gasteiger charge is -2.21. The van der Waals surface area contributed by atoms with Crippen LogP contribution < -0.4 is 10.9 Å². The van der Waals surface area contributed by atoms with Gasteiger partial charge in [0.05, 0.1) is 17.6 Å². The zero-order chi connectivity index (χ0) is 27.7. The van der Waals surface area contributed by atoms with Gasteiger partial charge in [-0.15, -0.1) is 0 Å². The molecule has 0 aliphatic heterocycles. The number of benzene rings is 4. The van der Waals surface area contributed by atoms with Crippen molar-refractivity contribution in [3.05, 3.63) is 138 Å². The summed E-state index contributed by atoms with van der Waals surface area (Å²) in [6.07, 6.45) is -5.29. The molecule has 0 unspecified atom stereocenters. The maximum Gasteiger partial charge on any atom is 0.393 e. The number of halogens is 6. The Morgan fingerprint density at radius 2 is 1.36 bits per heavy atom. The SMILES string of the molecule is O=c1cc(Nc2ccc(CC(F)(F)F)cc2)c2cc(C(c3ccc(Cl)cc3)c3ccc(Cl)cc3)cc(Br)c2[nH]1. The monoisotopic (exact) mass is 630 g/mol. The lowest BCUT2D eigenvalue weighted by Crippen LogP contribution is -2.11. The molecule has 2 N–H and O–H groups in total. The van der Waals surface area contributed by atoms with Crippen molar-refractivity contribution >= 4 is 61.4 Å². The van der Waals surface area contributed by atoms with E-state index in [4.69, 9.17) is 23.2 Å². The Morgan fingerprint density at radius 3 is 1.90 bits per heavy atom. The van der Waals surface area contributed by atoms with E-state index < -0.39 is 12.6 Å². The first kappa shape index (κ1) is 27.3. The molecule has 3 nitrogen and oxygen atoms in total. The molecule has 198 valence electrons. The Hall–Kier alpha value is -3.26. The summed E-state index contributed by atoms with van der Waals surface area (Å²) in [5.74, 6) is -0.179. The average Bonchev–Trinajstić information content (AvgIpc) is 2.87. The van der Waals surface area contributed by atoms with Crippen molar-refractivity contribution < 1.29 is 13.2 Å². The molecule has 5 aromatic rings. The lowest BCUT2D eigenvalue weighted by molar-refractivity contribution is -0.127. The van der Waals surface area contributed by atoms with Gasteiger partial charge in [-0.1, -0.05) is 59.6 Å². The number of fused-ring (bicyclic) bond motifs is 1. The second-order valence-corrected chi connectivity index (χ2v) is 10.8. The third kappa shape index (κ3) is 6.49.